The molecule has 1 saturated heterocycles. The predicted molar refractivity (Wildman–Crippen MR) is 98.9 cm³/mol. The van der Waals surface area contributed by atoms with Crippen LogP contribution in [0.25, 0.3) is 0 Å². The van der Waals surface area contributed by atoms with Crippen molar-refractivity contribution >= 4 is 6.09 Å². The number of hydrogen-bond acceptors (Lipinski definition) is 2. The number of rotatable bonds is 1. The summed E-state index contributed by atoms with van der Waals surface area (Å²) in [4.78, 5) is 13.8. The van der Waals surface area contributed by atoms with Gasteiger partial charge in [0, 0.05) is 13.1 Å². The molecule has 1 aliphatic heterocycles. The van der Waals surface area contributed by atoms with Crippen LogP contribution >= 0.6 is 0 Å². The van der Waals surface area contributed by atoms with Gasteiger partial charge in [-0.25, -0.2) is 4.79 Å². The van der Waals surface area contributed by atoms with Crippen LogP contribution in [0.4, 0.5) is 4.79 Å². The molecule has 2 rings (SSSR count). The zero-order valence-corrected chi connectivity index (χ0v) is 16.1. The number of piperidine rings is 1. The van der Waals surface area contributed by atoms with E-state index in [4.69, 9.17) is 4.74 Å². The molecule has 3 heteroatoms. The summed E-state index contributed by atoms with van der Waals surface area (Å²) in [5.41, 5.74) is 0.972. The number of benzene rings is 1. The van der Waals surface area contributed by atoms with Crippen molar-refractivity contribution in [1.82, 2.24) is 4.90 Å². The smallest absolute Gasteiger partial charge is 0.410 e. The van der Waals surface area contributed by atoms with Gasteiger partial charge >= 0.3 is 6.09 Å². The van der Waals surface area contributed by atoms with Gasteiger partial charge in [0.1, 0.15) is 5.60 Å². The maximum atomic E-state index is 12.0. The lowest BCUT2D eigenvalue weighted by Gasteiger charge is -2.33. The molecule has 1 aromatic carbocycles. The van der Waals surface area contributed by atoms with Crippen molar-refractivity contribution in [2.75, 3.05) is 13.1 Å². The Bertz CT molecular complexity index is 415. The highest BCUT2D eigenvalue weighted by atomic mass is 16.6. The van der Waals surface area contributed by atoms with E-state index in [0.29, 0.717) is 5.92 Å². The van der Waals surface area contributed by atoms with E-state index < -0.39 is 5.60 Å². The molecule has 0 bridgehead atoms. The fourth-order valence-electron chi connectivity index (χ4n) is 2.45. The normalized spacial score (nSPS) is 14.8. The molecule has 0 aliphatic carbocycles. The van der Waals surface area contributed by atoms with Gasteiger partial charge in [0.15, 0.2) is 0 Å². The van der Waals surface area contributed by atoms with Gasteiger partial charge in [-0.1, -0.05) is 58.0 Å². The fraction of sp³-hybridized carbons (Fsp3) is 0.650. The summed E-state index contributed by atoms with van der Waals surface area (Å²) in [6.07, 6.45) is 1.85. The average Bonchev–Trinajstić information content (AvgIpc) is 2.58. The van der Waals surface area contributed by atoms with Crippen LogP contribution in [0.2, 0.25) is 0 Å². The molecule has 0 N–H and O–H groups in total. The van der Waals surface area contributed by atoms with Crippen LogP contribution in [0.15, 0.2) is 30.3 Å². The Labute approximate surface area is 143 Å². The van der Waals surface area contributed by atoms with E-state index in [1.165, 1.54) is 5.56 Å². The molecule has 132 valence electrons. The zero-order chi connectivity index (χ0) is 17.9. The highest BCUT2D eigenvalue weighted by Gasteiger charge is 2.27. The third kappa shape index (κ3) is 8.06. The monoisotopic (exact) mass is 321 g/mol. The zero-order valence-electron chi connectivity index (χ0n) is 16.1. The third-order valence-corrected chi connectivity index (χ3v) is 3.42. The van der Waals surface area contributed by atoms with Gasteiger partial charge in [-0.05, 0) is 45.1 Å². The first-order valence-corrected chi connectivity index (χ1v) is 8.98. The summed E-state index contributed by atoms with van der Waals surface area (Å²) in [5.74, 6) is 0.569. The Morgan fingerprint density at radius 2 is 1.48 bits per heavy atom. The van der Waals surface area contributed by atoms with Gasteiger partial charge in [-0.3, -0.25) is 0 Å². The standard InChI is InChI=1S/C16H23NO2.2C2H6/c1-16(2,3)19-15(18)17-11-9-14(10-12-17)13-7-5-4-6-8-13;2*1-2/h4-8,14H,9-12H2,1-3H3;2*1-2H3. The maximum absolute atomic E-state index is 12.0. The van der Waals surface area contributed by atoms with Crippen LogP contribution in [0.1, 0.15) is 72.8 Å². The Kier molecular flexibility index (Phi) is 10.4. The Balaban J connectivity index is 0.00000112. The lowest BCUT2D eigenvalue weighted by molar-refractivity contribution is 0.0205. The van der Waals surface area contributed by atoms with Crippen LogP contribution in [0, 0.1) is 0 Å². The van der Waals surface area contributed by atoms with Crippen molar-refractivity contribution in [1.29, 1.82) is 0 Å². The van der Waals surface area contributed by atoms with E-state index in [9.17, 15) is 4.79 Å². The molecular formula is C20H35NO2. The minimum absolute atomic E-state index is 0.181. The molecule has 0 spiro atoms. The summed E-state index contributed by atoms with van der Waals surface area (Å²) in [5, 5.41) is 0. The van der Waals surface area contributed by atoms with Crippen LogP contribution in [0.3, 0.4) is 0 Å². The Morgan fingerprint density at radius 1 is 1.00 bits per heavy atom. The molecule has 1 heterocycles. The Morgan fingerprint density at radius 3 is 1.91 bits per heavy atom. The van der Waals surface area contributed by atoms with Gasteiger partial charge in [0.05, 0.1) is 0 Å². The lowest BCUT2D eigenvalue weighted by atomic mass is 9.90. The third-order valence-electron chi connectivity index (χ3n) is 3.42. The second-order valence-corrected chi connectivity index (χ2v) is 6.15. The first kappa shape index (κ1) is 21.5. The second kappa shape index (κ2) is 11.1. The average molecular weight is 322 g/mol. The second-order valence-electron chi connectivity index (χ2n) is 6.15. The summed E-state index contributed by atoms with van der Waals surface area (Å²) in [6.45, 7) is 15.3. The van der Waals surface area contributed by atoms with Gasteiger partial charge in [0.25, 0.3) is 0 Å². The van der Waals surface area contributed by atoms with Gasteiger partial charge in [0.2, 0.25) is 0 Å². The largest absolute Gasteiger partial charge is 0.444 e. The lowest BCUT2D eigenvalue weighted by Crippen LogP contribution is -2.41. The van der Waals surface area contributed by atoms with E-state index >= 15 is 0 Å². The van der Waals surface area contributed by atoms with Crippen LogP contribution in [0.5, 0.6) is 0 Å². The topological polar surface area (TPSA) is 29.5 Å². The molecule has 23 heavy (non-hydrogen) atoms. The molecule has 0 aromatic heterocycles. The number of ether oxygens (including phenoxy) is 1. The molecule has 1 aromatic rings. The highest BCUT2D eigenvalue weighted by Crippen LogP contribution is 2.28. The minimum Gasteiger partial charge on any atom is -0.444 e. The molecule has 1 amide bonds. The molecule has 0 saturated carbocycles. The van der Waals surface area contributed by atoms with Crippen molar-refractivity contribution in [2.45, 2.75) is 72.8 Å². The molecule has 1 aliphatic rings. The summed E-state index contributed by atoms with van der Waals surface area (Å²) < 4.78 is 5.41. The fourth-order valence-corrected chi connectivity index (χ4v) is 2.45. The minimum atomic E-state index is -0.409. The van der Waals surface area contributed by atoms with Crippen molar-refractivity contribution in [2.24, 2.45) is 0 Å². The SMILES string of the molecule is CC.CC.CC(C)(C)OC(=O)N1CCC(c2ccccc2)CC1. The summed E-state index contributed by atoms with van der Waals surface area (Å²) in [7, 11) is 0. The number of hydrogen-bond donors (Lipinski definition) is 0. The van der Waals surface area contributed by atoms with Crippen molar-refractivity contribution in [3.05, 3.63) is 35.9 Å². The molecule has 0 unspecified atom stereocenters. The number of carbonyl (C=O) groups is 1. The van der Waals surface area contributed by atoms with Gasteiger partial charge < -0.3 is 9.64 Å². The number of nitrogens with zero attached hydrogens (tertiary/aromatic N) is 1. The number of likely N-dealkylation sites (tertiary alicyclic amines) is 1. The van der Waals surface area contributed by atoms with Crippen LogP contribution in [-0.2, 0) is 4.74 Å². The molecule has 0 radical (unpaired) electrons. The van der Waals surface area contributed by atoms with Crippen LogP contribution < -0.4 is 0 Å². The summed E-state index contributed by atoms with van der Waals surface area (Å²) >= 11 is 0. The Hall–Kier alpha value is -1.51. The van der Waals surface area contributed by atoms with Crippen molar-refractivity contribution < 1.29 is 9.53 Å². The van der Waals surface area contributed by atoms with E-state index in [1.807, 2.05) is 59.4 Å². The van der Waals surface area contributed by atoms with Crippen molar-refractivity contribution in [3.8, 4) is 0 Å². The number of amides is 1. The van der Waals surface area contributed by atoms with E-state index in [-0.39, 0.29) is 6.09 Å². The van der Waals surface area contributed by atoms with E-state index in [0.717, 1.165) is 25.9 Å². The molecule has 1 fully saturated rings. The highest BCUT2D eigenvalue weighted by molar-refractivity contribution is 5.68. The predicted octanol–water partition coefficient (Wildman–Crippen LogP) is 5.85. The number of carbonyl (C=O) groups excluding carboxylic acids is 1. The maximum Gasteiger partial charge on any atom is 0.410 e. The first-order chi connectivity index (χ1) is 11.0. The van der Waals surface area contributed by atoms with E-state index in [2.05, 4.69) is 24.3 Å². The van der Waals surface area contributed by atoms with Gasteiger partial charge in [-0.2, -0.15) is 0 Å². The first-order valence-electron chi connectivity index (χ1n) is 8.98. The summed E-state index contributed by atoms with van der Waals surface area (Å²) in [6, 6.07) is 10.5. The van der Waals surface area contributed by atoms with Crippen molar-refractivity contribution in [3.63, 3.8) is 0 Å². The van der Waals surface area contributed by atoms with Crippen LogP contribution in [-0.4, -0.2) is 29.7 Å². The molecule has 3 nitrogen and oxygen atoms in total. The molecule has 0 atom stereocenters. The van der Waals surface area contributed by atoms with E-state index in [1.54, 1.807) is 0 Å². The quantitative estimate of drug-likeness (QED) is 0.649. The molecular weight excluding hydrogens is 286 g/mol. The van der Waals surface area contributed by atoms with Gasteiger partial charge in [-0.15, -0.1) is 0 Å².